The Morgan fingerprint density at radius 3 is 1.97 bits per heavy atom. The van der Waals surface area contributed by atoms with Crippen LogP contribution in [0.2, 0.25) is 0 Å². The SMILES string of the molecule is Cc1cccc(C(=O)Oc2ccc(-c3nc4ccccc4c(=O)o3)cc2OC(=O)c2cccc(C)c2)c1. The van der Waals surface area contributed by atoms with E-state index in [1.54, 1.807) is 66.7 Å². The fourth-order valence-corrected chi connectivity index (χ4v) is 3.81. The highest BCUT2D eigenvalue weighted by Crippen LogP contribution is 2.33. The van der Waals surface area contributed by atoms with E-state index in [9.17, 15) is 14.4 Å². The third-order valence-electron chi connectivity index (χ3n) is 5.64. The molecule has 182 valence electrons. The minimum Gasteiger partial charge on any atom is -0.419 e. The predicted octanol–water partition coefficient (Wildman–Crippen LogP) is 5.91. The van der Waals surface area contributed by atoms with Crippen molar-refractivity contribution < 1.29 is 23.5 Å². The third-order valence-corrected chi connectivity index (χ3v) is 5.64. The van der Waals surface area contributed by atoms with Crippen molar-refractivity contribution in [2.24, 2.45) is 0 Å². The van der Waals surface area contributed by atoms with Crippen LogP contribution in [-0.2, 0) is 0 Å². The highest BCUT2D eigenvalue weighted by molar-refractivity contribution is 5.93. The zero-order valence-corrected chi connectivity index (χ0v) is 20.1. The van der Waals surface area contributed by atoms with Crippen molar-refractivity contribution in [1.29, 1.82) is 0 Å². The van der Waals surface area contributed by atoms with E-state index in [0.29, 0.717) is 27.6 Å². The van der Waals surface area contributed by atoms with Gasteiger partial charge in [-0.15, -0.1) is 0 Å². The van der Waals surface area contributed by atoms with E-state index in [2.05, 4.69) is 4.98 Å². The first-order valence-corrected chi connectivity index (χ1v) is 11.5. The summed E-state index contributed by atoms with van der Waals surface area (Å²) in [4.78, 5) is 42.7. The number of hydrogen-bond acceptors (Lipinski definition) is 7. The number of esters is 2. The Hall–Kier alpha value is -5.04. The Balaban J connectivity index is 1.55. The molecule has 0 saturated carbocycles. The molecule has 7 nitrogen and oxygen atoms in total. The number of carbonyl (C=O) groups excluding carboxylic acids is 2. The van der Waals surface area contributed by atoms with Gasteiger partial charge in [0.25, 0.3) is 0 Å². The molecule has 4 aromatic carbocycles. The Morgan fingerprint density at radius 1 is 0.703 bits per heavy atom. The number of carbonyl (C=O) groups is 2. The Labute approximate surface area is 211 Å². The summed E-state index contributed by atoms with van der Waals surface area (Å²) in [7, 11) is 0. The van der Waals surface area contributed by atoms with E-state index in [0.717, 1.165) is 11.1 Å². The maximum Gasteiger partial charge on any atom is 0.347 e. The number of benzene rings is 4. The molecule has 0 aliphatic carbocycles. The molecular weight excluding hydrogens is 470 g/mol. The zero-order valence-electron chi connectivity index (χ0n) is 20.1. The van der Waals surface area contributed by atoms with Crippen LogP contribution in [0.3, 0.4) is 0 Å². The van der Waals surface area contributed by atoms with Crippen molar-refractivity contribution in [3.63, 3.8) is 0 Å². The van der Waals surface area contributed by atoms with Crippen LogP contribution >= 0.6 is 0 Å². The molecule has 0 amide bonds. The second kappa shape index (κ2) is 9.91. The molecule has 0 radical (unpaired) electrons. The molecule has 1 aromatic heterocycles. The fourth-order valence-electron chi connectivity index (χ4n) is 3.81. The van der Waals surface area contributed by atoms with Gasteiger partial charge in [0.05, 0.1) is 22.0 Å². The molecule has 37 heavy (non-hydrogen) atoms. The fraction of sp³-hybridized carbons (Fsp3) is 0.0667. The first-order valence-electron chi connectivity index (χ1n) is 11.5. The molecule has 1 heterocycles. The maximum absolute atomic E-state index is 12.9. The summed E-state index contributed by atoms with van der Waals surface area (Å²) in [6, 6.07) is 25.2. The predicted molar refractivity (Wildman–Crippen MR) is 138 cm³/mol. The van der Waals surface area contributed by atoms with Gasteiger partial charge in [-0.05, 0) is 68.4 Å². The van der Waals surface area contributed by atoms with Gasteiger partial charge in [0.1, 0.15) is 0 Å². The van der Waals surface area contributed by atoms with Crippen molar-refractivity contribution in [3.8, 4) is 23.0 Å². The van der Waals surface area contributed by atoms with Gasteiger partial charge in [-0.25, -0.2) is 19.4 Å². The van der Waals surface area contributed by atoms with Gasteiger partial charge in [0.2, 0.25) is 5.89 Å². The number of rotatable bonds is 5. The average Bonchev–Trinajstić information content (AvgIpc) is 2.89. The second-order valence-electron chi connectivity index (χ2n) is 8.50. The lowest BCUT2D eigenvalue weighted by molar-refractivity contribution is 0.0682. The second-order valence-corrected chi connectivity index (χ2v) is 8.50. The van der Waals surface area contributed by atoms with Gasteiger partial charge in [0, 0.05) is 5.56 Å². The molecule has 5 aromatic rings. The van der Waals surface area contributed by atoms with Crippen LogP contribution in [0.15, 0.2) is 100 Å². The number of para-hydroxylation sites is 1. The summed E-state index contributed by atoms with van der Waals surface area (Å²) < 4.78 is 16.7. The smallest absolute Gasteiger partial charge is 0.347 e. The summed E-state index contributed by atoms with van der Waals surface area (Å²) in [5, 5.41) is 0.348. The zero-order chi connectivity index (χ0) is 25.9. The first-order chi connectivity index (χ1) is 17.9. The topological polar surface area (TPSA) is 95.7 Å². The molecule has 0 N–H and O–H groups in total. The van der Waals surface area contributed by atoms with Gasteiger partial charge in [-0.1, -0.05) is 47.5 Å². The molecular formula is C30H21NO6. The van der Waals surface area contributed by atoms with Crippen LogP contribution in [0.4, 0.5) is 0 Å². The van der Waals surface area contributed by atoms with Crippen molar-refractivity contribution in [2.75, 3.05) is 0 Å². The van der Waals surface area contributed by atoms with Gasteiger partial charge < -0.3 is 13.9 Å². The van der Waals surface area contributed by atoms with Gasteiger partial charge in [0.15, 0.2) is 11.5 Å². The van der Waals surface area contributed by atoms with Crippen molar-refractivity contribution in [1.82, 2.24) is 4.98 Å². The van der Waals surface area contributed by atoms with E-state index >= 15 is 0 Å². The molecule has 0 aliphatic rings. The molecule has 7 heteroatoms. The lowest BCUT2D eigenvalue weighted by Gasteiger charge is -2.12. The highest BCUT2D eigenvalue weighted by Gasteiger charge is 2.19. The Morgan fingerprint density at radius 2 is 1.32 bits per heavy atom. The highest BCUT2D eigenvalue weighted by atomic mass is 16.6. The lowest BCUT2D eigenvalue weighted by atomic mass is 10.1. The first kappa shape index (κ1) is 23.7. The Bertz CT molecular complexity index is 1720. The molecule has 0 fully saturated rings. The van der Waals surface area contributed by atoms with Crippen LogP contribution in [0.5, 0.6) is 11.5 Å². The number of ether oxygens (including phenoxy) is 2. The molecule has 0 bridgehead atoms. The van der Waals surface area contributed by atoms with Gasteiger partial charge in [-0.2, -0.15) is 0 Å². The van der Waals surface area contributed by atoms with Crippen LogP contribution < -0.4 is 15.1 Å². The molecule has 0 aliphatic heterocycles. The van der Waals surface area contributed by atoms with Crippen LogP contribution in [0.25, 0.3) is 22.4 Å². The summed E-state index contributed by atoms with van der Waals surface area (Å²) in [6.07, 6.45) is 0. The van der Waals surface area contributed by atoms with E-state index in [1.807, 2.05) is 26.0 Å². The lowest BCUT2D eigenvalue weighted by Crippen LogP contribution is -2.13. The van der Waals surface area contributed by atoms with Gasteiger partial charge >= 0.3 is 17.6 Å². The van der Waals surface area contributed by atoms with Crippen molar-refractivity contribution in [3.05, 3.63) is 124 Å². The van der Waals surface area contributed by atoms with Crippen molar-refractivity contribution in [2.45, 2.75) is 13.8 Å². The van der Waals surface area contributed by atoms with E-state index in [1.165, 1.54) is 12.1 Å². The average molecular weight is 491 g/mol. The van der Waals surface area contributed by atoms with E-state index in [4.69, 9.17) is 13.9 Å². The van der Waals surface area contributed by atoms with E-state index in [-0.39, 0.29) is 17.4 Å². The maximum atomic E-state index is 12.9. The number of hydrogen-bond donors (Lipinski definition) is 0. The summed E-state index contributed by atoms with van der Waals surface area (Å²) >= 11 is 0. The number of nitrogens with zero attached hydrogens (tertiary/aromatic N) is 1. The minimum absolute atomic E-state index is 0.0254. The summed E-state index contributed by atoms with van der Waals surface area (Å²) in [5.41, 5.74) is 2.74. The van der Waals surface area contributed by atoms with Gasteiger partial charge in [-0.3, -0.25) is 0 Å². The summed E-state index contributed by atoms with van der Waals surface area (Å²) in [5.74, 6) is -1.21. The number of aromatic nitrogens is 1. The molecule has 0 atom stereocenters. The van der Waals surface area contributed by atoms with E-state index < -0.39 is 17.6 Å². The minimum atomic E-state index is -0.637. The summed E-state index contributed by atoms with van der Waals surface area (Å²) in [6.45, 7) is 3.73. The van der Waals surface area contributed by atoms with Crippen LogP contribution in [0, 0.1) is 13.8 Å². The largest absolute Gasteiger partial charge is 0.419 e. The third kappa shape index (κ3) is 5.16. The molecule has 0 spiro atoms. The van der Waals surface area contributed by atoms with Crippen LogP contribution in [-0.4, -0.2) is 16.9 Å². The molecule has 0 saturated heterocycles. The standard InChI is InChI=1S/C30H21NO6/c1-18-7-5-9-21(15-18)28(32)35-25-14-13-20(27-31-24-12-4-3-11-23(24)30(34)37-27)17-26(25)36-29(33)22-10-6-8-19(2)16-22/h3-17H,1-2H3. The quantitative estimate of drug-likeness (QED) is 0.223. The number of aryl methyl sites for hydroxylation is 2. The normalized spacial score (nSPS) is 10.8. The molecule has 5 rings (SSSR count). The van der Waals surface area contributed by atoms with Crippen LogP contribution in [0.1, 0.15) is 31.8 Å². The monoisotopic (exact) mass is 491 g/mol. The van der Waals surface area contributed by atoms with Crippen molar-refractivity contribution >= 4 is 22.8 Å². The molecule has 0 unspecified atom stereocenters. The number of fused-ring (bicyclic) bond motifs is 1. The Kier molecular flexibility index (Phi) is 6.34.